The molecule has 0 radical (unpaired) electrons. The summed E-state index contributed by atoms with van der Waals surface area (Å²) in [7, 11) is -7.09. The highest BCUT2D eigenvalue weighted by Crippen LogP contribution is 2.54. The summed E-state index contributed by atoms with van der Waals surface area (Å²) < 4.78 is 144. The maximum Gasteiger partial charge on any atom is 0.460 e. The number of alkyl halides is 9. The summed E-state index contributed by atoms with van der Waals surface area (Å²) in [5.41, 5.74) is 1.37. The summed E-state index contributed by atoms with van der Waals surface area (Å²) in [6, 6.07) is 13.7. The van der Waals surface area contributed by atoms with Gasteiger partial charge >= 0.3 is 33.4 Å². The van der Waals surface area contributed by atoms with E-state index in [-0.39, 0.29) is 11.4 Å². The molecule has 0 aromatic heterocycles. The van der Waals surface area contributed by atoms with Crippen molar-refractivity contribution in [1.29, 1.82) is 0 Å². The lowest BCUT2D eigenvalue weighted by molar-refractivity contribution is -0.383. The maximum atomic E-state index is 13.8. The number of nitrogens with zero attached hydrogens (tertiary/aromatic N) is 1. The quantitative estimate of drug-likeness (QED) is 0.423. The topological polar surface area (TPSA) is 58.6 Å². The fourth-order valence-electron chi connectivity index (χ4n) is 2.07. The van der Waals surface area contributed by atoms with Gasteiger partial charge in [0.2, 0.25) is 0 Å². The summed E-state index contributed by atoms with van der Waals surface area (Å²) in [6.45, 7) is 0. The van der Waals surface area contributed by atoms with Crippen LogP contribution >= 0.6 is 0 Å². The van der Waals surface area contributed by atoms with Gasteiger partial charge in [-0.1, -0.05) is 42.0 Å². The third-order valence-corrected chi connectivity index (χ3v) is 4.88. The molecule has 0 bridgehead atoms. The van der Waals surface area contributed by atoms with E-state index in [0.29, 0.717) is 5.01 Å². The van der Waals surface area contributed by atoms with E-state index in [0.717, 1.165) is 0 Å². The van der Waals surface area contributed by atoms with Crippen molar-refractivity contribution in [3.63, 3.8) is 0 Å². The summed E-state index contributed by atoms with van der Waals surface area (Å²) in [5.74, 6) is -14.8. The average Bonchev–Trinajstić information content (AvgIpc) is 2.68. The molecule has 0 saturated heterocycles. The minimum Gasteiger partial charge on any atom is -0.253 e. The smallest absolute Gasteiger partial charge is 0.253 e. The first kappa shape index (κ1) is 24.7. The Bertz CT molecular complexity index is 945. The number of nitrogens with one attached hydrogen (secondary N) is 1. The molecule has 0 unspecified atom stereocenters. The molecule has 2 rings (SSSR count). The van der Waals surface area contributed by atoms with E-state index in [9.17, 15) is 47.9 Å². The Labute approximate surface area is 169 Å². The molecule has 5 nitrogen and oxygen atoms in total. The lowest BCUT2D eigenvalue weighted by Crippen LogP contribution is -2.64. The van der Waals surface area contributed by atoms with Crippen LogP contribution in [0.4, 0.5) is 50.9 Å². The lowest BCUT2D eigenvalue weighted by atomic mass is 10.1. The molecule has 2 aromatic carbocycles. The maximum absolute atomic E-state index is 13.8. The van der Waals surface area contributed by atoms with Gasteiger partial charge in [-0.25, -0.2) is 0 Å². The van der Waals surface area contributed by atoms with Crippen LogP contribution in [0.15, 0.2) is 60.7 Å². The molecule has 0 atom stereocenters. The Morgan fingerprint density at radius 1 is 0.677 bits per heavy atom. The highest BCUT2D eigenvalue weighted by Gasteiger charge is 2.86. The number of para-hydroxylation sites is 2. The molecule has 1 N–H and O–H groups in total. The van der Waals surface area contributed by atoms with Crippen molar-refractivity contribution in [2.45, 2.75) is 23.3 Å². The standard InChI is InChI=1S/C16H11F9N2O3S/c17-13(18,15(21,22)23)14(19,20)16(24,25)31(28,29)30-26-27(11-7-3-1-4-8-11)12-9-5-2-6-10-12/h1-10,26H. The van der Waals surface area contributed by atoms with Crippen LogP contribution in [-0.2, 0) is 14.4 Å². The second-order valence-corrected chi connectivity index (χ2v) is 7.39. The van der Waals surface area contributed by atoms with Crippen LogP contribution in [-0.4, -0.2) is 31.7 Å². The molecule has 0 spiro atoms. The molecule has 2 aromatic rings. The van der Waals surface area contributed by atoms with Crippen molar-refractivity contribution >= 4 is 21.5 Å². The monoisotopic (exact) mass is 482 g/mol. The van der Waals surface area contributed by atoms with Gasteiger partial charge in [0.1, 0.15) is 0 Å². The molecule has 0 aliphatic carbocycles. The molecule has 0 amide bonds. The van der Waals surface area contributed by atoms with Gasteiger partial charge in [0.25, 0.3) is 0 Å². The highest BCUT2D eigenvalue weighted by atomic mass is 32.2. The number of rotatable bonds is 8. The van der Waals surface area contributed by atoms with E-state index in [4.69, 9.17) is 0 Å². The summed E-state index contributed by atoms with van der Waals surface area (Å²) in [5, 5.41) is -6.35. The first-order chi connectivity index (χ1) is 14.1. The molecule has 0 saturated carbocycles. The van der Waals surface area contributed by atoms with E-state index in [1.807, 2.05) is 0 Å². The molecule has 0 aliphatic rings. The third-order valence-electron chi connectivity index (χ3n) is 3.70. The predicted octanol–water partition coefficient (Wildman–Crippen LogP) is 5.02. The lowest BCUT2D eigenvalue weighted by Gasteiger charge is -2.33. The van der Waals surface area contributed by atoms with E-state index >= 15 is 0 Å². The fourth-order valence-corrected chi connectivity index (χ4v) is 2.78. The first-order valence-corrected chi connectivity index (χ1v) is 9.26. The molecule has 15 heteroatoms. The van der Waals surface area contributed by atoms with Crippen molar-refractivity contribution in [3.8, 4) is 0 Å². The molecule has 172 valence electrons. The van der Waals surface area contributed by atoms with Gasteiger partial charge in [0, 0.05) is 0 Å². The summed E-state index contributed by atoms with van der Waals surface area (Å²) in [6.07, 6.45) is -7.18. The Kier molecular flexibility index (Phi) is 6.54. The Hall–Kier alpha value is -2.52. The highest BCUT2D eigenvalue weighted by molar-refractivity contribution is 7.87. The van der Waals surface area contributed by atoms with Crippen molar-refractivity contribution in [3.05, 3.63) is 60.7 Å². The molecule has 31 heavy (non-hydrogen) atoms. The fraction of sp³-hybridized carbons (Fsp3) is 0.250. The van der Waals surface area contributed by atoms with Crippen LogP contribution in [0.2, 0.25) is 0 Å². The molecule has 0 heterocycles. The second kappa shape index (κ2) is 8.20. The normalized spacial score (nSPS) is 13.8. The first-order valence-electron chi connectivity index (χ1n) is 7.85. The molecular weight excluding hydrogens is 471 g/mol. The molecular formula is C16H11F9N2O3S. The van der Waals surface area contributed by atoms with Gasteiger partial charge in [-0.3, -0.25) is 5.01 Å². The van der Waals surface area contributed by atoms with Gasteiger partial charge in [-0.15, -0.1) is 0 Å². The summed E-state index contributed by atoms with van der Waals surface area (Å²) in [4.78, 5) is 0. The van der Waals surface area contributed by atoms with Crippen molar-refractivity contribution in [2.75, 3.05) is 5.01 Å². The zero-order valence-corrected chi connectivity index (χ0v) is 15.6. The minimum atomic E-state index is -7.40. The zero-order valence-electron chi connectivity index (χ0n) is 14.8. The van der Waals surface area contributed by atoms with Gasteiger partial charge in [-0.05, 0) is 24.3 Å². The number of hydrogen-bond acceptors (Lipinski definition) is 5. The van der Waals surface area contributed by atoms with Crippen LogP contribution in [0.3, 0.4) is 0 Å². The van der Waals surface area contributed by atoms with E-state index in [1.165, 1.54) is 66.3 Å². The number of halogens is 9. The van der Waals surface area contributed by atoms with Crippen LogP contribution in [0, 0.1) is 0 Å². The number of hydrazine groups is 1. The van der Waals surface area contributed by atoms with Crippen LogP contribution < -0.4 is 10.6 Å². The van der Waals surface area contributed by atoms with Crippen molar-refractivity contribution in [1.82, 2.24) is 5.59 Å². The van der Waals surface area contributed by atoms with Gasteiger partial charge < -0.3 is 0 Å². The second-order valence-electron chi connectivity index (χ2n) is 5.80. The average molecular weight is 482 g/mol. The van der Waals surface area contributed by atoms with Crippen molar-refractivity contribution in [2.24, 2.45) is 0 Å². The number of anilines is 2. The number of benzene rings is 2. The number of hydrogen-bond donors (Lipinski definition) is 1. The van der Waals surface area contributed by atoms with Crippen LogP contribution in [0.25, 0.3) is 0 Å². The van der Waals surface area contributed by atoms with E-state index in [2.05, 4.69) is 4.28 Å². The van der Waals surface area contributed by atoms with E-state index in [1.54, 1.807) is 0 Å². The Morgan fingerprint density at radius 3 is 1.42 bits per heavy atom. The minimum absolute atomic E-state index is 0.000372. The molecule has 0 fully saturated rings. The molecule has 0 aliphatic heterocycles. The van der Waals surface area contributed by atoms with Crippen molar-refractivity contribution < 1.29 is 52.2 Å². The zero-order chi connectivity index (χ0) is 23.7. The van der Waals surface area contributed by atoms with Crippen LogP contribution in [0.5, 0.6) is 0 Å². The summed E-state index contributed by atoms with van der Waals surface area (Å²) >= 11 is 0. The van der Waals surface area contributed by atoms with Crippen LogP contribution in [0.1, 0.15) is 0 Å². The predicted molar refractivity (Wildman–Crippen MR) is 89.1 cm³/mol. The Morgan fingerprint density at radius 2 is 1.06 bits per heavy atom. The van der Waals surface area contributed by atoms with Gasteiger partial charge in [0.15, 0.2) is 0 Å². The van der Waals surface area contributed by atoms with Gasteiger partial charge in [0.05, 0.1) is 11.4 Å². The van der Waals surface area contributed by atoms with Gasteiger partial charge in [-0.2, -0.15) is 52.2 Å². The Balaban J connectivity index is 2.39. The largest absolute Gasteiger partial charge is 0.460 e. The SMILES string of the molecule is O=S(=O)(ONN(c1ccccc1)c1ccccc1)C(F)(F)C(F)(F)C(F)(F)C(F)(F)F. The third kappa shape index (κ3) is 4.43. The van der Waals surface area contributed by atoms with E-state index < -0.39 is 33.4 Å².